The number of carbonyl (C=O) groups excluding carboxylic acids is 1. The minimum atomic E-state index is -3.64. The number of hydrogen-bond donors (Lipinski definition) is 1. The molecule has 1 N–H and O–H groups in total. The van der Waals surface area contributed by atoms with Gasteiger partial charge in [0, 0.05) is 19.2 Å². The smallest absolute Gasteiger partial charge is 0.264 e. The molecule has 0 heterocycles. The average Bonchev–Trinajstić information content (AvgIpc) is 2.66. The van der Waals surface area contributed by atoms with Crippen LogP contribution in [0.25, 0.3) is 0 Å². The number of sulfonamides is 1. The van der Waals surface area contributed by atoms with Gasteiger partial charge in [0.25, 0.3) is 10.0 Å². The van der Waals surface area contributed by atoms with E-state index in [9.17, 15) is 13.2 Å². The summed E-state index contributed by atoms with van der Waals surface area (Å²) in [5.41, 5.74) is 1.20. The summed E-state index contributed by atoms with van der Waals surface area (Å²) >= 11 is 0. The van der Waals surface area contributed by atoms with Crippen molar-refractivity contribution < 1.29 is 13.2 Å². The van der Waals surface area contributed by atoms with E-state index in [1.165, 1.54) is 23.5 Å². The van der Waals surface area contributed by atoms with E-state index in [-0.39, 0.29) is 10.8 Å². The quantitative estimate of drug-likeness (QED) is 0.661. The van der Waals surface area contributed by atoms with Gasteiger partial charge in [0.2, 0.25) is 5.91 Å². The Bertz CT molecular complexity index is 803. The van der Waals surface area contributed by atoms with Crippen LogP contribution in [0, 0.1) is 0 Å². The molecule has 2 aromatic rings. The largest absolute Gasteiger partial charge is 0.326 e. The van der Waals surface area contributed by atoms with Crippen LogP contribution in [-0.2, 0) is 14.8 Å². The second-order valence-electron chi connectivity index (χ2n) is 6.19. The fraction of sp³-hybridized carbons (Fsp3) is 0.350. The van der Waals surface area contributed by atoms with Crippen molar-refractivity contribution in [1.82, 2.24) is 0 Å². The number of nitrogens with zero attached hydrogens (tertiary/aromatic N) is 1. The first kappa shape index (κ1) is 20.0. The lowest BCUT2D eigenvalue weighted by molar-refractivity contribution is -0.116. The van der Waals surface area contributed by atoms with Crippen molar-refractivity contribution in [1.29, 1.82) is 0 Å². The van der Waals surface area contributed by atoms with Crippen LogP contribution in [0.1, 0.15) is 39.0 Å². The zero-order valence-corrected chi connectivity index (χ0v) is 16.1. The lowest BCUT2D eigenvalue weighted by atomic mass is 10.1. The number of carbonyl (C=O) groups is 1. The summed E-state index contributed by atoms with van der Waals surface area (Å²) in [6, 6.07) is 15.2. The van der Waals surface area contributed by atoms with E-state index in [1.54, 1.807) is 36.4 Å². The molecule has 5 nitrogen and oxygen atoms in total. The van der Waals surface area contributed by atoms with Crippen LogP contribution in [0.2, 0.25) is 0 Å². The van der Waals surface area contributed by atoms with Gasteiger partial charge in [0.15, 0.2) is 0 Å². The van der Waals surface area contributed by atoms with Crippen molar-refractivity contribution in [2.24, 2.45) is 0 Å². The molecule has 0 saturated heterocycles. The van der Waals surface area contributed by atoms with Crippen molar-refractivity contribution in [3.8, 4) is 0 Å². The van der Waals surface area contributed by atoms with Crippen molar-refractivity contribution in [3.05, 3.63) is 54.6 Å². The van der Waals surface area contributed by atoms with Gasteiger partial charge in [-0.2, -0.15) is 0 Å². The molecular weight excluding hydrogens is 348 g/mol. The third-order valence-electron chi connectivity index (χ3n) is 4.17. The first-order valence-electron chi connectivity index (χ1n) is 8.89. The summed E-state index contributed by atoms with van der Waals surface area (Å²) < 4.78 is 26.7. The molecule has 2 aromatic carbocycles. The summed E-state index contributed by atoms with van der Waals surface area (Å²) in [5.74, 6) is -0.0434. The maximum absolute atomic E-state index is 12.7. The Labute approximate surface area is 156 Å². The number of rotatable bonds is 9. The Hall–Kier alpha value is -2.34. The highest BCUT2D eigenvalue weighted by molar-refractivity contribution is 7.92. The highest BCUT2D eigenvalue weighted by Crippen LogP contribution is 2.23. The van der Waals surface area contributed by atoms with Gasteiger partial charge in [-0.15, -0.1) is 0 Å². The Morgan fingerprint density at radius 1 is 0.962 bits per heavy atom. The Morgan fingerprint density at radius 3 is 2.23 bits per heavy atom. The van der Waals surface area contributed by atoms with Crippen molar-refractivity contribution in [2.75, 3.05) is 16.7 Å². The lowest BCUT2D eigenvalue weighted by Crippen LogP contribution is -2.26. The molecule has 1 amide bonds. The Kier molecular flexibility index (Phi) is 7.21. The number of para-hydroxylation sites is 1. The van der Waals surface area contributed by atoms with Crippen molar-refractivity contribution in [2.45, 2.75) is 43.9 Å². The Balaban J connectivity index is 2.01. The summed E-state index contributed by atoms with van der Waals surface area (Å²) in [4.78, 5) is 12.1. The van der Waals surface area contributed by atoms with E-state index in [4.69, 9.17) is 0 Å². The molecular formula is C20H26N2O3S. The van der Waals surface area contributed by atoms with Crippen LogP contribution in [0.3, 0.4) is 0 Å². The number of anilines is 2. The van der Waals surface area contributed by atoms with Crippen LogP contribution >= 0.6 is 0 Å². The van der Waals surface area contributed by atoms with E-state index in [2.05, 4.69) is 12.2 Å². The van der Waals surface area contributed by atoms with Gasteiger partial charge in [0.1, 0.15) is 0 Å². The highest BCUT2D eigenvalue weighted by atomic mass is 32.2. The molecule has 0 aliphatic heterocycles. The van der Waals surface area contributed by atoms with Gasteiger partial charge in [-0.1, -0.05) is 44.4 Å². The molecule has 140 valence electrons. The van der Waals surface area contributed by atoms with Crippen LogP contribution in [0.5, 0.6) is 0 Å². The molecule has 6 heteroatoms. The van der Waals surface area contributed by atoms with Gasteiger partial charge in [-0.05, 0) is 42.8 Å². The first-order chi connectivity index (χ1) is 12.4. The topological polar surface area (TPSA) is 66.5 Å². The molecule has 26 heavy (non-hydrogen) atoms. The standard InChI is InChI=1S/C20H26N2O3S/c1-3-4-5-9-12-20(23)21-17-13-15-19(16-14-17)26(24,25)22(2)18-10-7-6-8-11-18/h6-8,10-11,13-16H,3-5,9,12H2,1-2H3,(H,21,23). The SMILES string of the molecule is CCCCCCC(=O)Nc1ccc(S(=O)(=O)N(C)c2ccccc2)cc1. The van der Waals surface area contributed by atoms with Crippen LogP contribution in [0.15, 0.2) is 59.5 Å². The normalized spacial score (nSPS) is 11.2. The molecule has 0 bridgehead atoms. The molecule has 0 fully saturated rings. The molecule has 0 unspecified atom stereocenters. The maximum atomic E-state index is 12.7. The molecule has 0 spiro atoms. The number of hydrogen-bond acceptors (Lipinski definition) is 3. The summed E-state index contributed by atoms with van der Waals surface area (Å²) in [7, 11) is -2.11. The second-order valence-corrected chi connectivity index (χ2v) is 8.16. The van der Waals surface area contributed by atoms with E-state index in [0.717, 1.165) is 25.7 Å². The van der Waals surface area contributed by atoms with E-state index in [0.29, 0.717) is 17.8 Å². The van der Waals surface area contributed by atoms with E-state index in [1.807, 2.05) is 6.07 Å². The predicted molar refractivity (Wildman–Crippen MR) is 106 cm³/mol. The molecule has 0 aliphatic carbocycles. The monoisotopic (exact) mass is 374 g/mol. The minimum absolute atomic E-state index is 0.0434. The van der Waals surface area contributed by atoms with Gasteiger partial charge < -0.3 is 5.32 Å². The summed E-state index contributed by atoms with van der Waals surface area (Å²) in [6.07, 6.45) is 4.67. The van der Waals surface area contributed by atoms with Gasteiger partial charge >= 0.3 is 0 Å². The molecule has 0 aromatic heterocycles. The fourth-order valence-corrected chi connectivity index (χ4v) is 3.78. The van der Waals surface area contributed by atoms with Crippen LogP contribution in [0.4, 0.5) is 11.4 Å². The number of amides is 1. The second kappa shape index (κ2) is 9.38. The van der Waals surface area contributed by atoms with Crippen molar-refractivity contribution >= 4 is 27.3 Å². The molecule has 0 atom stereocenters. The minimum Gasteiger partial charge on any atom is -0.326 e. The molecule has 0 radical (unpaired) electrons. The fourth-order valence-electron chi connectivity index (χ4n) is 2.58. The Morgan fingerprint density at radius 2 is 1.62 bits per heavy atom. The number of benzene rings is 2. The van der Waals surface area contributed by atoms with Crippen LogP contribution in [-0.4, -0.2) is 21.4 Å². The van der Waals surface area contributed by atoms with E-state index < -0.39 is 10.0 Å². The molecule has 0 aliphatic rings. The average molecular weight is 375 g/mol. The third kappa shape index (κ3) is 5.33. The van der Waals surface area contributed by atoms with Gasteiger partial charge in [-0.25, -0.2) is 8.42 Å². The van der Waals surface area contributed by atoms with E-state index >= 15 is 0 Å². The predicted octanol–water partition coefficient (Wildman–Crippen LogP) is 4.42. The van der Waals surface area contributed by atoms with Gasteiger partial charge in [0.05, 0.1) is 10.6 Å². The number of nitrogens with one attached hydrogen (secondary N) is 1. The third-order valence-corrected chi connectivity index (χ3v) is 5.97. The molecule has 0 saturated carbocycles. The summed E-state index contributed by atoms with van der Waals surface area (Å²) in [6.45, 7) is 2.13. The lowest BCUT2D eigenvalue weighted by Gasteiger charge is -2.19. The maximum Gasteiger partial charge on any atom is 0.264 e. The zero-order valence-electron chi connectivity index (χ0n) is 15.3. The van der Waals surface area contributed by atoms with Crippen LogP contribution < -0.4 is 9.62 Å². The number of unbranched alkanes of at least 4 members (excludes halogenated alkanes) is 3. The zero-order chi connectivity index (χ0) is 19.0. The van der Waals surface area contributed by atoms with Crippen molar-refractivity contribution in [3.63, 3.8) is 0 Å². The molecule has 2 rings (SSSR count). The highest BCUT2D eigenvalue weighted by Gasteiger charge is 2.21. The summed E-state index contributed by atoms with van der Waals surface area (Å²) in [5, 5.41) is 2.81. The van der Waals surface area contributed by atoms with Gasteiger partial charge in [-0.3, -0.25) is 9.10 Å². The first-order valence-corrected chi connectivity index (χ1v) is 10.3.